The summed E-state index contributed by atoms with van der Waals surface area (Å²) >= 11 is 0. The molecule has 1 N–H and O–H groups in total. The molecule has 0 atom stereocenters. The minimum atomic E-state index is -1.42. The standard InChI is InChI=1S/C20H21BO7/c1-2-19(22)26-15-7-6-14-25-18-12-10-17(11-13-18)21(24)28-27-20(23)16-8-4-3-5-9-16/h2-5,8-13,24H,1,6-7,14-15H2. The zero-order valence-corrected chi connectivity index (χ0v) is 15.3. The lowest BCUT2D eigenvalue weighted by Crippen LogP contribution is -2.34. The summed E-state index contributed by atoms with van der Waals surface area (Å²) in [6, 6.07) is 14.8. The van der Waals surface area contributed by atoms with Crippen LogP contribution in [0.25, 0.3) is 0 Å². The van der Waals surface area contributed by atoms with Gasteiger partial charge >= 0.3 is 19.1 Å². The number of hydrogen-bond donors (Lipinski definition) is 1. The molecular formula is C20H21BO7. The minimum Gasteiger partial charge on any atom is -0.494 e. The van der Waals surface area contributed by atoms with Crippen LogP contribution in [0.3, 0.4) is 0 Å². The molecule has 146 valence electrons. The molecule has 0 aromatic heterocycles. The van der Waals surface area contributed by atoms with E-state index in [4.69, 9.17) is 14.3 Å². The molecule has 2 aromatic rings. The fourth-order valence-electron chi connectivity index (χ4n) is 2.12. The summed E-state index contributed by atoms with van der Waals surface area (Å²) in [7, 11) is -1.42. The summed E-state index contributed by atoms with van der Waals surface area (Å²) in [5, 5.41) is 9.96. The molecule has 0 unspecified atom stereocenters. The number of unbranched alkanes of at least 4 members (excludes halogenated alkanes) is 1. The van der Waals surface area contributed by atoms with Crippen LogP contribution in [-0.2, 0) is 19.2 Å². The van der Waals surface area contributed by atoms with Gasteiger partial charge in [0.2, 0.25) is 0 Å². The molecule has 0 aliphatic carbocycles. The lowest BCUT2D eigenvalue weighted by molar-refractivity contribution is -0.163. The average Bonchev–Trinajstić information content (AvgIpc) is 2.75. The van der Waals surface area contributed by atoms with Crippen LogP contribution >= 0.6 is 0 Å². The lowest BCUT2D eigenvalue weighted by atomic mass is 9.80. The van der Waals surface area contributed by atoms with Crippen LogP contribution in [0.15, 0.2) is 67.3 Å². The molecule has 0 aliphatic heterocycles. The first-order valence-electron chi connectivity index (χ1n) is 8.73. The second-order valence-electron chi connectivity index (χ2n) is 5.68. The van der Waals surface area contributed by atoms with Crippen molar-refractivity contribution in [2.75, 3.05) is 13.2 Å². The summed E-state index contributed by atoms with van der Waals surface area (Å²) in [6.45, 7) is 4.09. The van der Waals surface area contributed by atoms with E-state index >= 15 is 0 Å². The Hall–Kier alpha value is -3.10. The molecule has 2 aromatic carbocycles. The number of carbonyl (C=O) groups is 2. The van der Waals surface area contributed by atoms with Crippen molar-refractivity contribution >= 4 is 24.5 Å². The molecule has 8 heteroatoms. The highest BCUT2D eigenvalue weighted by atomic mass is 17.2. The second-order valence-corrected chi connectivity index (χ2v) is 5.68. The summed E-state index contributed by atoms with van der Waals surface area (Å²) < 4.78 is 10.4. The van der Waals surface area contributed by atoms with Crippen molar-refractivity contribution in [3.63, 3.8) is 0 Å². The van der Waals surface area contributed by atoms with E-state index in [9.17, 15) is 14.6 Å². The Balaban J connectivity index is 1.69. The van der Waals surface area contributed by atoms with E-state index in [1.165, 1.54) is 0 Å². The third kappa shape index (κ3) is 7.26. The van der Waals surface area contributed by atoms with Gasteiger partial charge in [-0.25, -0.2) is 14.4 Å². The van der Waals surface area contributed by atoms with Crippen LogP contribution < -0.4 is 10.2 Å². The summed E-state index contributed by atoms with van der Waals surface area (Å²) in [5.74, 6) is -0.523. The fourth-order valence-corrected chi connectivity index (χ4v) is 2.12. The smallest absolute Gasteiger partial charge is 0.494 e. The van der Waals surface area contributed by atoms with Gasteiger partial charge in [0.1, 0.15) is 5.75 Å². The molecule has 0 bridgehead atoms. The van der Waals surface area contributed by atoms with Gasteiger partial charge in [0.15, 0.2) is 0 Å². The Labute approximate surface area is 163 Å². The number of hydrogen-bond acceptors (Lipinski definition) is 7. The molecule has 7 nitrogen and oxygen atoms in total. The van der Waals surface area contributed by atoms with Crippen molar-refractivity contribution in [3.8, 4) is 5.75 Å². The molecule has 0 heterocycles. The SMILES string of the molecule is C=CC(=O)OCCCCOc1ccc(B(O)OOC(=O)c2ccccc2)cc1. The van der Waals surface area contributed by atoms with Crippen molar-refractivity contribution in [1.29, 1.82) is 0 Å². The van der Waals surface area contributed by atoms with Crippen molar-refractivity contribution in [3.05, 3.63) is 72.8 Å². The highest BCUT2D eigenvalue weighted by molar-refractivity contribution is 6.59. The molecule has 0 saturated carbocycles. The predicted molar refractivity (Wildman–Crippen MR) is 103 cm³/mol. The third-order valence-electron chi connectivity index (χ3n) is 3.61. The highest BCUT2D eigenvalue weighted by Crippen LogP contribution is 2.09. The lowest BCUT2D eigenvalue weighted by Gasteiger charge is -2.09. The average molecular weight is 384 g/mol. The maximum atomic E-state index is 11.8. The number of rotatable bonds is 11. The Morgan fingerprint density at radius 3 is 2.36 bits per heavy atom. The number of carbonyl (C=O) groups excluding carboxylic acids is 2. The van der Waals surface area contributed by atoms with Gasteiger partial charge < -0.3 is 19.4 Å². The van der Waals surface area contributed by atoms with Gasteiger partial charge in [0.25, 0.3) is 0 Å². The normalized spacial score (nSPS) is 10.0. The van der Waals surface area contributed by atoms with Gasteiger partial charge in [0, 0.05) is 6.08 Å². The van der Waals surface area contributed by atoms with E-state index < -0.39 is 19.1 Å². The van der Waals surface area contributed by atoms with Crippen LogP contribution in [0, 0.1) is 0 Å². The number of ether oxygens (including phenoxy) is 2. The Bertz CT molecular complexity index is 762. The minimum absolute atomic E-state index is 0.317. The maximum absolute atomic E-state index is 11.8. The fraction of sp³-hybridized carbons (Fsp3) is 0.200. The van der Waals surface area contributed by atoms with Gasteiger partial charge in [-0.05, 0) is 42.6 Å². The number of benzene rings is 2. The number of esters is 1. The molecule has 2 rings (SSSR count). The molecular weight excluding hydrogens is 363 g/mol. The van der Waals surface area contributed by atoms with Crippen molar-refractivity contribution in [1.82, 2.24) is 0 Å². The van der Waals surface area contributed by atoms with Gasteiger partial charge in [-0.2, -0.15) is 0 Å². The first kappa shape index (κ1) is 21.2. The van der Waals surface area contributed by atoms with Crippen LogP contribution in [-0.4, -0.2) is 37.3 Å². The summed E-state index contributed by atoms with van der Waals surface area (Å²) in [4.78, 5) is 32.0. The van der Waals surface area contributed by atoms with E-state index in [0.29, 0.717) is 42.8 Å². The molecule has 0 radical (unpaired) electrons. The largest absolute Gasteiger partial charge is 0.538 e. The Kier molecular flexibility index (Phi) is 8.77. The van der Waals surface area contributed by atoms with Crippen molar-refractivity contribution in [2.24, 2.45) is 0 Å². The van der Waals surface area contributed by atoms with Crippen LogP contribution in [0.4, 0.5) is 0 Å². The van der Waals surface area contributed by atoms with Crippen LogP contribution in [0.1, 0.15) is 23.2 Å². The first-order chi connectivity index (χ1) is 13.6. The quantitative estimate of drug-likeness (QED) is 0.158. The van der Waals surface area contributed by atoms with E-state index in [2.05, 4.69) is 11.5 Å². The maximum Gasteiger partial charge on any atom is 0.538 e. The first-order valence-corrected chi connectivity index (χ1v) is 8.73. The monoisotopic (exact) mass is 384 g/mol. The second kappa shape index (κ2) is 11.6. The van der Waals surface area contributed by atoms with Gasteiger partial charge in [0.05, 0.1) is 18.8 Å². The molecule has 28 heavy (non-hydrogen) atoms. The van der Waals surface area contributed by atoms with Gasteiger partial charge in [-0.15, -0.1) is 0 Å². The predicted octanol–water partition coefficient (Wildman–Crippen LogP) is 2.05. The molecule has 0 aliphatic rings. The van der Waals surface area contributed by atoms with E-state index in [-0.39, 0.29) is 0 Å². The molecule has 0 fully saturated rings. The van der Waals surface area contributed by atoms with Gasteiger partial charge in [-0.3, -0.25) is 0 Å². The van der Waals surface area contributed by atoms with Gasteiger partial charge in [-0.1, -0.05) is 36.9 Å². The Morgan fingerprint density at radius 2 is 1.68 bits per heavy atom. The van der Waals surface area contributed by atoms with Crippen LogP contribution in [0.2, 0.25) is 0 Å². The summed E-state index contributed by atoms with van der Waals surface area (Å²) in [6.07, 6.45) is 2.52. The van der Waals surface area contributed by atoms with E-state index in [1.807, 2.05) is 0 Å². The third-order valence-corrected chi connectivity index (χ3v) is 3.61. The van der Waals surface area contributed by atoms with E-state index in [1.54, 1.807) is 54.6 Å². The molecule has 0 amide bonds. The topological polar surface area (TPSA) is 91.3 Å². The zero-order chi connectivity index (χ0) is 20.2. The molecule has 0 spiro atoms. The zero-order valence-electron chi connectivity index (χ0n) is 15.3. The highest BCUT2D eigenvalue weighted by Gasteiger charge is 2.21. The van der Waals surface area contributed by atoms with E-state index in [0.717, 1.165) is 6.08 Å². The molecule has 0 saturated heterocycles. The van der Waals surface area contributed by atoms with Crippen molar-refractivity contribution in [2.45, 2.75) is 12.8 Å². The Morgan fingerprint density at radius 1 is 1.00 bits per heavy atom. The summed E-state index contributed by atoms with van der Waals surface area (Å²) in [5.41, 5.74) is 0.724. The van der Waals surface area contributed by atoms with Crippen molar-refractivity contribution < 1.29 is 33.8 Å². The van der Waals surface area contributed by atoms with Crippen LogP contribution in [0.5, 0.6) is 5.75 Å².